The molecule has 0 saturated heterocycles. The summed E-state index contributed by atoms with van der Waals surface area (Å²) in [7, 11) is 0. The van der Waals surface area contributed by atoms with E-state index in [1.165, 1.54) is 22.3 Å². The lowest BCUT2D eigenvalue weighted by molar-refractivity contribution is 0.660. The zero-order valence-corrected chi connectivity index (χ0v) is 25.4. The molecule has 0 bridgehead atoms. The number of benzene rings is 6. The van der Waals surface area contributed by atoms with E-state index in [1.807, 2.05) is 48.5 Å². The Labute approximate surface area is 266 Å². The van der Waals surface area contributed by atoms with Crippen molar-refractivity contribution in [3.8, 4) is 22.5 Å². The van der Waals surface area contributed by atoms with E-state index >= 15 is 0 Å². The van der Waals surface area contributed by atoms with Crippen molar-refractivity contribution in [2.24, 2.45) is 0 Å². The van der Waals surface area contributed by atoms with Crippen LogP contribution in [0, 0.1) is 0 Å². The van der Waals surface area contributed by atoms with Gasteiger partial charge in [0.1, 0.15) is 22.1 Å². The van der Waals surface area contributed by atoms with Crippen molar-refractivity contribution in [1.29, 1.82) is 0 Å². The van der Waals surface area contributed by atoms with Gasteiger partial charge in [0.15, 0.2) is 0 Å². The molecule has 220 valence electrons. The van der Waals surface area contributed by atoms with Crippen LogP contribution in [0.15, 0.2) is 140 Å². The van der Waals surface area contributed by atoms with Gasteiger partial charge in [0.2, 0.25) is 0 Å². The first-order valence-electron chi connectivity index (χ1n) is 15.4. The summed E-state index contributed by atoms with van der Waals surface area (Å²) < 4.78 is 0. The van der Waals surface area contributed by atoms with E-state index in [4.69, 9.17) is 0 Å². The predicted molar refractivity (Wildman–Crippen MR) is 184 cm³/mol. The molecule has 0 aliphatic heterocycles. The number of nitrogens with zero attached hydrogens (tertiary/aromatic N) is 7. The SMILES string of the molecule is CC1(C)c2ccccc2-c2ccc(N(c3ccc(-n4nc5ccccc5n4)cc3)c3ccc(-n4nc5ccccc5n4)cc3)cc21. The summed E-state index contributed by atoms with van der Waals surface area (Å²) in [4.78, 5) is 5.69. The molecule has 2 heterocycles. The van der Waals surface area contributed by atoms with E-state index in [9.17, 15) is 0 Å². The van der Waals surface area contributed by atoms with Crippen molar-refractivity contribution in [3.63, 3.8) is 0 Å². The van der Waals surface area contributed by atoms with Crippen LogP contribution in [0.25, 0.3) is 44.6 Å². The number of aromatic nitrogens is 6. The van der Waals surface area contributed by atoms with Gasteiger partial charge in [0.05, 0.1) is 11.4 Å². The van der Waals surface area contributed by atoms with Crippen LogP contribution >= 0.6 is 0 Å². The molecular weight excluding hydrogens is 566 g/mol. The predicted octanol–water partition coefficient (Wildman–Crippen LogP) is 8.93. The molecule has 0 atom stereocenters. The van der Waals surface area contributed by atoms with Gasteiger partial charge >= 0.3 is 0 Å². The molecule has 0 unspecified atom stereocenters. The zero-order chi connectivity index (χ0) is 30.8. The van der Waals surface area contributed by atoms with Gasteiger partial charge in [-0.2, -0.15) is 9.59 Å². The second kappa shape index (κ2) is 9.97. The topological polar surface area (TPSA) is 64.7 Å². The van der Waals surface area contributed by atoms with E-state index in [1.54, 1.807) is 9.59 Å². The number of fused-ring (bicyclic) bond motifs is 5. The normalized spacial score (nSPS) is 13.2. The van der Waals surface area contributed by atoms with Crippen LogP contribution in [0.1, 0.15) is 25.0 Å². The monoisotopic (exact) mass is 595 g/mol. The molecule has 0 amide bonds. The highest BCUT2D eigenvalue weighted by Crippen LogP contribution is 2.50. The molecule has 9 rings (SSSR count). The highest BCUT2D eigenvalue weighted by molar-refractivity contribution is 5.86. The van der Waals surface area contributed by atoms with Crippen molar-refractivity contribution in [1.82, 2.24) is 30.0 Å². The minimum atomic E-state index is -0.108. The first-order valence-corrected chi connectivity index (χ1v) is 15.4. The molecule has 46 heavy (non-hydrogen) atoms. The number of hydrogen-bond acceptors (Lipinski definition) is 5. The molecule has 1 aliphatic rings. The lowest BCUT2D eigenvalue weighted by Gasteiger charge is -2.28. The van der Waals surface area contributed by atoms with Gasteiger partial charge in [-0.3, -0.25) is 0 Å². The average molecular weight is 596 g/mol. The van der Waals surface area contributed by atoms with Gasteiger partial charge < -0.3 is 4.90 Å². The third kappa shape index (κ3) is 4.13. The second-order valence-electron chi connectivity index (χ2n) is 12.2. The van der Waals surface area contributed by atoms with Gasteiger partial charge in [-0.25, -0.2) is 0 Å². The molecular formula is C39H29N7. The first-order chi connectivity index (χ1) is 22.5. The Balaban J connectivity index is 1.14. The van der Waals surface area contributed by atoms with E-state index in [-0.39, 0.29) is 5.41 Å². The smallest absolute Gasteiger partial charge is 0.113 e. The van der Waals surface area contributed by atoms with Crippen LogP contribution in [0.3, 0.4) is 0 Å². The Bertz CT molecular complexity index is 2220. The Hall–Kier alpha value is -6.08. The van der Waals surface area contributed by atoms with Gasteiger partial charge in [-0.05, 0) is 107 Å². The highest BCUT2D eigenvalue weighted by atomic mass is 15.5. The van der Waals surface area contributed by atoms with Crippen LogP contribution in [0.2, 0.25) is 0 Å². The molecule has 0 radical (unpaired) electrons. The van der Waals surface area contributed by atoms with Crippen LogP contribution in [0.4, 0.5) is 17.1 Å². The molecule has 7 heteroatoms. The summed E-state index contributed by atoms with van der Waals surface area (Å²) in [6.45, 7) is 4.63. The summed E-state index contributed by atoms with van der Waals surface area (Å²) in [5.41, 5.74) is 13.6. The Morgan fingerprint density at radius 2 is 0.848 bits per heavy atom. The van der Waals surface area contributed by atoms with Crippen molar-refractivity contribution >= 4 is 39.1 Å². The minimum Gasteiger partial charge on any atom is -0.310 e. The Kier molecular flexibility index (Phi) is 5.71. The van der Waals surface area contributed by atoms with E-state index < -0.39 is 0 Å². The lowest BCUT2D eigenvalue weighted by atomic mass is 9.82. The number of rotatable bonds is 5. The summed E-state index contributed by atoms with van der Waals surface area (Å²) in [5, 5.41) is 18.7. The van der Waals surface area contributed by atoms with Crippen LogP contribution in [-0.4, -0.2) is 30.0 Å². The molecule has 7 nitrogen and oxygen atoms in total. The van der Waals surface area contributed by atoms with Gasteiger partial charge in [0.25, 0.3) is 0 Å². The molecule has 0 fully saturated rings. The van der Waals surface area contributed by atoms with Crippen molar-refractivity contribution in [2.45, 2.75) is 19.3 Å². The maximum atomic E-state index is 4.68. The number of anilines is 3. The maximum absolute atomic E-state index is 4.68. The molecule has 8 aromatic rings. The number of hydrogen-bond donors (Lipinski definition) is 0. The van der Waals surface area contributed by atoms with E-state index in [2.05, 4.69) is 130 Å². The first kappa shape index (κ1) is 26.3. The van der Waals surface area contributed by atoms with Crippen molar-refractivity contribution in [3.05, 3.63) is 151 Å². The summed E-state index contributed by atoms with van der Waals surface area (Å²) in [5.74, 6) is 0. The summed E-state index contributed by atoms with van der Waals surface area (Å²) in [6.07, 6.45) is 0. The third-order valence-electron chi connectivity index (χ3n) is 9.08. The fourth-order valence-corrected chi connectivity index (χ4v) is 6.70. The fraction of sp³-hybridized carbons (Fsp3) is 0.0769. The quantitative estimate of drug-likeness (QED) is 0.199. The van der Waals surface area contributed by atoms with Crippen LogP contribution in [0.5, 0.6) is 0 Å². The standard InChI is InChI=1S/C39H29N7/c1-39(2)33-10-4-3-9-31(33)32-24-23-30(25-34(32)39)44(26-15-19-28(20-16-26)45-40-35-11-5-6-12-36(35)41-45)27-17-21-29(22-18-27)46-42-37-13-7-8-14-38(37)43-46/h3-25H,1-2H3. The molecule has 0 spiro atoms. The van der Waals surface area contributed by atoms with Crippen molar-refractivity contribution in [2.75, 3.05) is 4.90 Å². The largest absolute Gasteiger partial charge is 0.310 e. The molecule has 1 aliphatic carbocycles. The second-order valence-corrected chi connectivity index (χ2v) is 12.2. The van der Waals surface area contributed by atoms with Gasteiger partial charge in [-0.15, -0.1) is 20.4 Å². The third-order valence-corrected chi connectivity index (χ3v) is 9.08. The molecule has 0 N–H and O–H groups in total. The maximum Gasteiger partial charge on any atom is 0.113 e. The van der Waals surface area contributed by atoms with Gasteiger partial charge in [0, 0.05) is 22.5 Å². The fourth-order valence-electron chi connectivity index (χ4n) is 6.70. The minimum absolute atomic E-state index is 0.108. The summed E-state index contributed by atoms with van der Waals surface area (Å²) in [6, 6.07) is 48.2. The lowest BCUT2D eigenvalue weighted by Crippen LogP contribution is -2.16. The molecule has 0 saturated carbocycles. The van der Waals surface area contributed by atoms with Crippen LogP contribution < -0.4 is 4.90 Å². The Morgan fingerprint density at radius 1 is 0.435 bits per heavy atom. The van der Waals surface area contributed by atoms with Crippen LogP contribution in [-0.2, 0) is 5.41 Å². The highest BCUT2D eigenvalue weighted by Gasteiger charge is 2.35. The average Bonchev–Trinajstić information content (AvgIpc) is 3.79. The van der Waals surface area contributed by atoms with Gasteiger partial charge in [-0.1, -0.05) is 68.4 Å². The zero-order valence-electron chi connectivity index (χ0n) is 25.4. The van der Waals surface area contributed by atoms with E-state index in [0.717, 1.165) is 50.5 Å². The molecule has 2 aromatic heterocycles. The Morgan fingerprint density at radius 3 is 1.35 bits per heavy atom. The van der Waals surface area contributed by atoms with Crippen molar-refractivity contribution < 1.29 is 0 Å². The van der Waals surface area contributed by atoms with E-state index in [0.29, 0.717) is 0 Å². The summed E-state index contributed by atoms with van der Waals surface area (Å²) >= 11 is 0. The molecule has 6 aromatic carbocycles.